The Morgan fingerprint density at radius 1 is 1.20 bits per heavy atom. The number of hydrogen-bond acceptors (Lipinski definition) is 0. The molecule has 0 heterocycles. The van der Waals surface area contributed by atoms with Crippen LogP contribution in [0.4, 0.5) is 0 Å². The van der Waals surface area contributed by atoms with Gasteiger partial charge in [0, 0.05) is 5.41 Å². The maximum Gasteiger partial charge on any atom is 0.0258 e. The monoisotopic (exact) mass is 328 g/mol. The molecule has 0 nitrogen and oxygen atoms in total. The van der Waals surface area contributed by atoms with Crippen molar-refractivity contribution in [2.75, 3.05) is 0 Å². The van der Waals surface area contributed by atoms with Crippen LogP contribution in [-0.2, 0) is 5.41 Å². The topological polar surface area (TPSA) is 0 Å². The van der Waals surface area contributed by atoms with Crippen molar-refractivity contribution in [1.82, 2.24) is 0 Å². The Morgan fingerprint density at radius 2 is 2.00 bits per heavy atom. The number of fused-ring (bicyclic) bond motifs is 2. The molecule has 0 fully saturated rings. The van der Waals surface area contributed by atoms with E-state index in [1.165, 1.54) is 27.8 Å². The van der Waals surface area contributed by atoms with E-state index in [1.54, 1.807) is 0 Å². The largest absolute Gasteiger partial charge is 0.0984 e. The van der Waals surface area contributed by atoms with Crippen LogP contribution in [-0.4, -0.2) is 0 Å². The first-order valence-electron chi connectivity index (χ1n) is 9.25. The Labute approximate surface area is 152 Å². The SMILES string of the molecule is C=CC1=C(/C=C\C)C2(CC/C=C\C(C)/C=C\C(=C)C2)c2ccccc21. The summed E-state index contributed by atoms with van der Waals surface area (Å²) in [7, 11) is 0. The molecule has 2 unspecified atom stereocenters. The van der Waals surface area contributed by atoms with Crippen molar-refractivity contribution < 1.29 is 0 Å². The minimum absolute atomic E-state index is 0.0149. The molecule has 1 spiro atoms. The molecule has 0 amide bonds. The van der Waals surface area contributed by atoms with Crippen LogP contribution >= 0.6 is 0 Å². The van der Waals surface area contributed by atoms with Gasteiger partial charge in [0.05, 0.1) is 0 Å². The molecule has 2 aliphatic rings. The molecule has 0 bridgehead atoms. The Hall–Kier alpha value is -2.34. The maximum atomic E-state index is 4.38. The predicted molar refractivity (Wildman–Crippen MR) is 110 cm³/mol. The molecule has 0 heteroatoms. The molecule has 0 radical (unpaired) electrons. The van der Waals surface area contributed by atoms with Crippen LogP contribution in [0.3, 0.4) is 0 Å². The van der Waals surface area contributed by atoms with Crippen LogP contribution in [0, 0.1) is 5.92 Å². The highest BCUT2D eigenvalue weighted by atomic mass is 14.4. The van der Waals surface area contributed by atoms with Crippen LogP contribution in [0.5, 0.6) is 0 Å². The summed E-state index contributed by atoms with van der Waals surface area (Å²) in [5.74, 6) is 0.468. The summed E-state index contributed by atoms with van der Waals surface area (Å²) in [6, 6.07) is 8.82. The number of rotatable bonds is 2. The third kappa shape index (κ3) is 3.14. The van der Waals surface area contributed by atoms with Crippen molar-refractivity contribution in [1.29, 1.82) is 0 Å². The van der Waals surface area contributed by atoms with Crippen molar-refractivity contribution in [3.63, 3.8) is 0 Å². The van der Waals surface area contributed by atoms with Gasteiger partial charge in [0.2, 0.25) is 0 Å². The zero-order chi connectivity index (χ0) is 17.9. The van der Waals surface area contributed by atoms with Gasteiger partial charge in [-0.05, 0) is 54.4 Å². The van der Waals surface area contributed by atoms with Gasteiger partial charge in [-0.15, -0.1) is 0 Å². The number of hydrogen-bond donors (Lipinski definition) is 0. The molecule has 0 N–H and O–H groups in total. The highest BCUT2D eigenvalue weighted by Gasteiger charge is 2.42. The first-order valence-corrected chi connectivity index (χ1v) is 9.25. The second-order valence-electron chi connectivity index (χ2n) is 7.18. The van der Waals surface area contributed by atoms with Crippen LogP contribution in [0.2, 0.25) is 0 Å². The minimum Gasteiger partial charge on any atom is -0.0984 e. The lowest BCUT2D eigenvalue weighted by molar-refractivity contribution is 0.481. The second-order valence-corrected chi connectivity index (χ2v) is 7.18. The Bertz CT molecular complexity index is 797. The molecular weight excluding hydrogens is 300 g/mol. The van der Waals surface area contributed by atoms with Gasteiger partial charge in [0.1, 0.15) is 0 Å². The fourth-order valence-electron chi connectivity index (χ4n) is 4.31. The average molecular weight is 328 g/mol. The van der Waals surface area contributed by atoms with Crippen molar-refractivity contribution >= 4 is 5.57 Å². The molecule has 3 rings (SSSR count). The average Bonchev–Trinajstić information content (AvgIpc) is 2.87. The Balaban J connectivity index is 2.20. The van der Waals surface area contributed by atoms with E-state index in [0.29, 0.717) is 5.92 Å². The lowest BCUT2D eigenvalue weighted by Gasteiger charge is -2.34. The zero-order valence-corrected chi connectivity index (χ0v) is 15.5. The van der Waals surface area contributed by atoms with Gasteiger partial charge in [0.25, 0.3) is 0 Å². The summed E-state index contributed by atoms with van der Waals surface area (Å²) >= 11 is 0. The van der Waals surface area contributed by atoms with Crippen molar-refractivity contribution in [2.45, 2.75) is 38.5 Å². The van der Waals surface area contributed by atoms with E-state index in [2.05, 4.69) is 87.7 Å². The van der Waals surface area contributed by atoms with Crippen LogP contribution in [0.25, 0.3) is 5.57 Å². The molecule has 0 saturated carbocycles. The van der Waals surface area contributed by atoms with Gasteiger partial charge in [0.15, 0.2) is 0 Å². The fraction of sp³-hybridized carbons (Fsp3) is 0.280. The van der Waals surface area contributed by atoms with Gasteiger partial charge in [-0.2, -0.15) is 0 Å². The van der Waals surface area contributed by atoms with Gasteiger partial charge in [-0.25, -0.2) is 0 Å². The molecule has 0 aromatic heterocycles. The third-order valence-corrected chi connectivity index (χ3v) is 5.42. The van der Waals surface area contributed by atoms with Crippen molar-refractivity contribution in [3.05, 3.63) is 102 Å². The molecule has 0 aliphatic heterocycles. The molecule has 1 aromatic carbocycles. The van der Waals surface area contributed by atoms with Crippen LogP contribution in [0.1, 0.15) is 44.2 Å². The highest BCUT2D eigenvalue weighted by Crippen LogP contribution is 2.53. The molecule has 1 aromatic rings. The van der Waals surface area contributed by atoms with Crippen LogP contribution in [0.15, 0.2) is 91.1 Å². The summed E-state index contributed by atoms with van der Waals surface area (Å²) < 4.78 is 0. The lowest BCUT2D eigenvalue weighted by atomic mass is 9.69. The van der Waals surface area contributed by atoms with E-state index in [9.17, 15) is 0 Å². The molecule has 2 aliphatic carbocycles. The highest BCUT2D eigenvalue weighted by molar-refractivity contribution is 5.88. The summed E-state index contributed by atoms with van der Waals surface area (Å²) in [6.45, 7) is 12.8. The quantitative estimate of drug-likeness (QED) is 0.516. The number of benzene rings is 1. The summed E-state index contributed by atoms with van der Waals surface area (Å²) in [4.78, 5) is 0. The Morgan fingerprint density at radius 3 is 2.76 bits per heavy atom. The van der Waals surface area contributed by atoms with E-state index < -0.39 is 0 Å². The van der Waals surface area contributed by atoms with E-state index in [-0.39, 0.29) is 5.41 Å². The maximum absolute atomic E-state index is 4.38. The zero-order valence-electron chi connectivity index (χ0n) is 15.5. The van der Waals surface area contributed by atoms with Gasteiger partial charge >= 0.3 is 0 Å². The van der Waals surface area contributed by atoms with E-state index in [4.69, 9.17) is 0 Å². The molecule has 2 atom stereocenters. The van der Waals surface area contributed by atoms with E-state index in [1.807, 2.05) is 6.08 Å². The normalized spacial score (nSPS) is 29.0. The summed E-state index contributed by atoms with van der Waals surface area (Å²) in [5.41, 5.74) is 6.61. The molecular formula is C25H28. The molecule has 25 heavy (non-hydrogen) atoms. The van der Waals surface area contributed by atoms with E-state index in [0.717, 1.165) is 19.3 Å². The first kappa shape index (κ1) is 17.5. The van der Waals surface area contributed by atoms with Gasteiger partial charge < -0.3 is 0 Å². The molecule has 0 saturated heterocycles. The Kier molecular flexibility index (Phi) is 5.08. The summed E-state index contributed by atoms with van der Waals surface area (Å²) in [6.07, 6.45) is 18.7. The van der Waals surface area contributed by atoms with Gasteiger partial charge in [-0.1, -0.05) is 92.5 Å². The van der Waals surface area contributed by atoms with Crippen LogP contribution < -0.4 is 0 Å². The molecule has 128 valence electrons. The minimum atomic E-state index is -0.0149. The smallest absolute Gasteiger partial charge is 0.0258 e. The third-order valence-electron chi connectivity index (χ3n) is 5.42. The predicted octanol–water partition coefficient (Wildman–Crippen LogP) is 6.94. The van der Waals surface area contributed by atoms with Crippen molar-refractivity contribution in [3.8, 4) is 0 Å². The fourth-order valence-corrected chi connectivity index (χ4v) is 4.31. The lowest BCUT2D eigenvalue weighted by Crippen LogP contribution is -2.26. The standard InChI is InChI=1S/C25H28/c1-5-11-23-21(6-2)22-13-7-8-14-24(22)25(23)17-10-9-12-19(3)15-16-20(4)18-25/h5-9,11-16,19H,2,4,10,17-18H2,1,3H3/b11-5-,12-9-,16-15-. The van der Waals surface area contributed by atoms with Crippen molar-refractivity contribution in [2.24, 2.45) is 5.92 Å². The first-order chi connectivity index (χ1) is 12.1. The second kappa shape index (κ2) is 7.27. The van der Waals surface area contributed by atoms with E-state index >= 15 is 0 Å². The van der Waals surface area contributed by atoms with Gasteiger partial charge in [-0.3, -0.25) is 0 Å². The summed E-state index contributed by atoms with van der Waals surface area (Å²) in [5, 5.41) is 0. The number of allylic oxidation sites excluding steroid dienone is 10.